The quantitative estimate of drug-likeness (QED) is 0.631. The molecule has 1 rings (SSSR count). The molecular formula is C8H6O2. The Bertz CT molecular complexity index is 253. The zero-order valence-corrected chi connectivity index (χ0v) is 5.24. The Morgan fingerprint density at radius 3 is 2.60 bits per heavy atom. The van der Waals surface area contributed by atoms with Crippen molar-refractivity contribution in [3.63, 3.8) is 0 Å². The summed E-state index contributed by atoms with van der Waals surface area (Å²) in [5.41, 5.74) is 0.694. The number of hydrogen-bond acceptors (Lipinski definition) is 1. The highest BCUT2D eigenvalue weighted by molar-refractivity contribution is 5.87. The Morgan fingerprint density at radius 2 is 2.20 bits per heavy atom. The maximum Gasteiger partial charge on any atom is 0.335 e. The fourth-order valence-electron chi connectivity index (χ4n) is 0.672. The predicted molar refractivity (Wildman–Crippen MR) is 36.8 cm³/mol. The van der Waals surface area contributed by atoms with Crippen LogP contribution in [0.3, 0.4) is 0 Å². The van der Waals surface area contributed by atoms with Gasteiger partial charge in [-0.25, -0.2) is 4.79 Å². The van der Waals surface area contributed by atoms with E-state index in [-0.39, 0.29) is 5.56 Å². The molecule has 0 aliphatic carbocycles. The molecule has 0 atom stereocenters. The highest BCUT2D eigenvalue weighted by Crippen LogP contribution is 2.02. The Balaban J connectivity index is 3.07. The highest BCUT2D eigenvalue weighted by Gasteiger charge is 1.99. The molecule has 2 heteroatoms. The molecule has 0 aliphatic rings. The van der Waals surface area contributed by atoms with E-state index in [1.807, 2.05) is 0 Å². The highest BCUT2D eigenvalue weighted by atomic mass is 16.4. The summed E-state index contributed by atoms with van der Waals surface area (Å²) >= 11 is 0. The van der Waals surface area contributed by atoms with Crippen LogP contribution in [0.2, 0.25) is 0 Å². The maximum atomic E-state index is 10.3. The number of carboxylic acids is 1. The van der Waals surface area contributed by atoms with E-state index >= 15 is 0 Å². The van der Waals surface area contributed by atoms with E-state index in [1.165, 1.54) is 12.1 Å². The van der Waals surface area contributed by atoms with Crippen molar-refractivity contribution in [3.05, 3.63) is 42.3 Å². The summed E-state index contributed by atoms with van der Waals surface area (Å²) in [6.45, 7) is 5.33. The van der Waals surface area contributed by atoms with Gasteiger partial charge in [-0.2, -0.15) is 0 Å². The van der Waals surface area contributed by atoms with Crippen molar-refractivity contribution >= 4 is 5.97 Å². The molecule has 0 spiro atoms. The first-order chi connectivity index (χ1) is 4.70. The molecule has 1 N–H and O–H groups in total. The molecule has 1 aromatic carbocycles. The summed E-state index contributed by atoms with van der Waals surface area (Å²) in [4.78, 5) is 10.3. The SMILES string of the molecule is [CH]c1cccc(C(=O)O)c1. The van der Waals surface area contributed by atoms with E-state index in [1.54, 1.807) is 12.1 Å². The van der Waals surface area contributed by atoms with Gasteiger partial charge in [0.1, 0.15) is 0 Å². The van der Waals surface area contributed by atoms with Crippen LogP contribution >= 0.6 is 0 Å². The Kier molecular flexibility index (Phi) is 1.71. The predicted octanol–water partition coefficient (Wildman–Crippen LogP) is 1.44. The van der Waals surface area contributed by atoms with Crippen molar-refractivity contribution in [2.24, 2.45) is 0 Å². The minimum absolute atomic E-state index is 0.222. The molecule has 2 radical (unpaired) electrons. The summed E-state index contributed by atoms with van der Waals surface area (Å²) in [7, 11) is 0. The number of carboxylic acid groups (broad SMARTS) is 1. The van der Waals surface area contributed by atoms with E-state index in [0.717, 1.165) is 0 Å². The maximum absolute atomic E-state index is 10.3. The molecule has 2 nitrogen and oxygen atoms in total. The summed E-state index contributed by atoms with van der Waals surface area (Å²) in [6, 6.07) is 6.17. The molecule has 0 amide bonds. The summed E-state index contributed by atoms with van der Waals surface area (Å²) in [5, 5.41) is 8.45. The molecule has 0 aliphatic heterocycles. The number of hydrogen-bond donors (Lipinski definition) is 1. The van der Waals surface area contributed by atoms with E-state index in [4.69, 9.17) is 12.0 Å². The number of carbonyl (C=O) groups is 1. The van der Waals surface area contributed by atoms with Crippen LogP contribution in [0.15, 0.2) is 24.3 Å². The van der Waals surface area contributed by atoms with Crippen molar-refractivity contribution in [1.29, 1.82) is 0 Å². The van der Waals surface area contributed by atoms with Crippen LogP contribution in [0.1, 0.15) is 15.9 Å². The van der Waals surface area contributed by atoms with Gasteiger partial charge in [0.2, 0.25) is 0 Å². The van der Waals surface area contributed by atoms with Gasteiger partial charge in [0.05, 0.1) is 5.56 Å². The van der Waals surface area contributed by atoms with Crippen molar-refractivity contribution in [2.45, 2.75) is 0 Å². The molecule has 0 aromatic heterocycles. The van der Waals surface area contributed by atoms with E-state index < -0.39 is 5.97 Å². The van der Waals surface area contributed by atoms with Crippen LogP contribution < -0.4 is 0 Å². The molecule has 0 unspecified atom stereocenters. The van der Waals surface area contributed by atoms with Crippen LogP contribution in [0.4, 0.5) is 0 Å². The lowest BCUT2D eigenvalue weighted by molar-refractivity contribution is 0.0697. The van der Waals surface area contributed by atoms with Crippen LogP contribution in [-0.4, -0.2) is 11.1 Å². The third-order valence-electron chi connectivity index (χ3n) is 1.13. The fraction of sp³-hybridized carbons (Fsp3) is 0. The number of benzene rings is 1. The van der Waals surface area contributed by atoms with Gasteiger partial charge in [-0.05, 0) is 24.6 Å². The molecule has 0 saturated carbocycles. The Labute approximate surface area is 59.1 Å². The first-order valence-corrected chi connectivity index (χ1v) is 2.79. The molecule has 10 heavy (non-hydrogen) atoms. The van der Waals surface area contributed by atoms with Gasteiger partial charge < -0.3 is 5.11 Å². The first-order valence-electron chi connectivity index (χ1n) is 2.79. The zero-order valence-electron chi connectivity index (χ0n) is 5.24. The monoisotopic (exact) mass is 134 g/mol. The minimum Gasteiger partial charge on any atom is -0.478 e. The second-order valence-electron chi connectivity index (χ2n) is 1.93. The van der Waals surface area contributed by atoms with Crippen LogP contribution in [-0.2, 0) is 0 Å². The van der Waals surface area contributed by atoms with Crippen molar-refractivity contribution in [3.8, 4) is 0 Å². The normalized spacial score (nSPS) is 9.30. The fourth-order valence-corrected chi connectivity index (χ4v) is 0.672. The molecule has 0 fully saturated rings. The lowest BCUT2D eigenvalue weighted by atomic mass is 10.1. The molecule has 50 valence electrons. The van der Waals surface area contributed by atoms with Crippen LogP contribution in [0.5, 0.6) is 0 Å². The van der Waals surface area contributed by atoms with Crippen molar-refractivity contribution < 1.29 is 9.90 Å². The average Bonchev–Trinajstić information content (AvgIpc) is 1.88. The standard InChI is InChI=1S/C8H6O2/c1-6-3-2-4-7(5-6)8(9)10/h1-5H,(H,9,10). The first kappa shape index (κ1) is 6.81. The molecular weight excluding hydrogens is 128 g/mol. The third-order valence-corrected chi connectivity index (χ3v) is 1.13. The van der Waals surface area contributed by atoms with Crippen molar-refractivity contribution in [1.82, 2.24) is 0 Å². The van der Waals surface area contributed by atoms with Gasteiger partial charge in [-0.15, -0.1) is 0 Å². The Hall–Kier alpha value is -1.31. The van der Waals surface area contributed by atoms with Gasteiger partial charge >= 0.3 is 5.97 Å². The molecule has 0 heterocycles. The summed E-state index contributed by atoms with van der Waals surface area (Å²) in [5.74, 6) is -0.952. The lowest BCUT2D eigenvalue weighted by Crippen LogP contribution is -1.95. The van der Waals surface area contributed by atoms with Gasteiger partial charge in [0.15, 0.2) is 0 Å². The lowest BCUT2D eigenvalue weighted by Gasteiger charge is -1.93. The molecule has 0 saturated heterocycles. The smallest absolute Gasteiger partial charge is 0.335 e. The van der Waals surface area contributed by atoms with Gasteiger partial charge in [-0.3, -0.25) is 0 Å². The molecule has 1 aromatic rings. The number of aromatic carboxylic acids is 1. The van der Waals surface area contributed by atoms with E-state index in [0.29, 0.717) is 5.56 Å². The van der Waals surface area contributed by atoms with E-state index in [9.17, 15) is 4.79 Å². The minimum atomic E-state index is -0.952. The Morgan fingerprint density at radius 1 is 1.50 bits per heavy atom. The topological polar surface area (TPSA) is 37.3 Å². The second kappa shape index (κ2) is 2.52. The van der Waals surface area contributed by atoms with Crippen LogP contribution in [0, 0.1) is 6.92 Å². The average molecular weight is 134 g/mol. The van der Waals surface area contributed by atoms with Crippen molar-refractivity contribution in [2.75, 3.05) is 0 Å². The summed E-state index contributed by atoms with van der Waals surface area (Å²) in [6.07, 6.45) is 0. The van der Waals surface area contributed by atoms with Crippen LogP contribution in [0.25, 0.3) is 0 Å². The third kappa shape index (κ3) is 1.35. The largest absolute Gasteiger partial charge is 0.478 e. The molecule has 0 bridgehead atoms. The van der Waals surface area contributed by atoms with E-state index in [2.05, 4.69) is 0 Å². The van der Waals surface area contributed by atoms with Gasteiger partial charge in [0.25, 0.3) is 0 Å². The van der Waals surface area contributed by atoms with Gasteiger partial charge in [-0.1, -0.05) is 12.1 Å². The zero-order chi connectivity index (χ0) is 7.56. The summed E-state index contributed by atoms with van der Waals surface area (Å²) < 4.78 is 0. The second-order valence-corrected chi connectivity index (χ2v) is 1.93. The number of rotatable bonds is 1. The van der Waals surface area contributed by atoms with Gasteiger partial charge in [0, 0.05) is 0 Å².